The summed E-state index contributed by atoms with van der Waals surface area (Å²) >= 11 is 7.02. The molecule has 124 valence electrons. The maximum absolute atomic E-state index is 14.0. The summed E-state index contributed by atoms with van der Waals surface area (Å²) in [7, 11) is 0. The molecule has 0 spiro atoms. The number of pyridine rings is 1. The Morgan fingerprint density at radius 1 is 1.04 bits per heavy atom. The number of hydrogen-bond donors (Lipinski definition) is 1. The first-order chi connectivity index (χ1) is 12.1. The number of benzene rings is 2. The molecule has 25 heavy (non-hydrogen) atoms. The number of fused-ring (bicyclic) bond motifs is 1. The van der Waals surface area contributed by atoms with Crippen LogP contribution in [0, 0.1) is 5.82 Å². The normalized spacial score (nSPS) is 11.2. The molecule has 0 radical (unpaired) electrons. The third kappa shape index (κ3) is 3.50. The van der Waals surface area contributed by atoms with E-state index in [0.29, 0.717) is 11.4 Å². The van der Waals surface area contributed by atoms with Gasteiger partial charge in [0, 0.05) is 20.6 Å². The summed E-state index contributed by atoms with van der Waals surface area (Å²) in [5.41, 5.74) is 3.32. The van der Waals surface area contributed by atoms with E-state index >= 15 is 0 Å². The molecule has 4 aromatic rings. The monoisotopic (exact) mass is 460 g/mol. The van der Waals surface area contributed by atoms with Crippen molar-refractivity contribution in [3.8, 4) is 11.4 Å². The topological polar surface area (TPSA) is 32.6 Å². The van der Waals surface area contributed by atoms with Crippen molar-refractivity contribution in [3.63, 3.8) is 0 Å². The second-order valence-electron chi connectivity index (χ2n) is 5.76. The molecule has 0 aliphatic rings. The second kappa shape index (κ2) is 6.69. The molecule has 1 N–H and O–H groups in total. The standard InChI is InChI=1S/C19H12Br2FN3/c20-13-7-12(8-14(21)9-13)10-25-6-5-17-18(11-25)24-19(23-17)15-3-1-2-4-16(15)22/h1-9,11H,10H2/p+1. The number of aromatic amines is 1. The molecule has 0 unspecified atom stereocenters. The number of hydrogen-bond acceptors (Lipinski definition) is 1. The summed E-state index contributed by atoms with van der Waals surface area (Å²) in [4.78, 5) is 7.71. The average Bonchev–Trinajstić information content (AvgIpc) is 2.97. The van der Waals surface area contributed by atoms with Gasteiger partial charge in [-0.1, -0.05) is 44.0 Å². The van der Waals surface area contributed by atoms with Crippen molar-refractivity contribution in [3.05, 3.63) is 81.3 Å². The van der Waals surface area contributed by atoms with Crippen LogP contribution in [0.5, 0.6) is 0 Å². The van der Waals surface area contributed by atoms with E-state index < -0.39 is 0 Å². The molecule has 6 heteroatoms. The Kier molecular flexibility index (Phi) is 4.39. The molecule has 2 aromatic carbocycles. The van der Waals surface area contributed by atoms with Crippen molar-refractivity contribution in [2.75, 3.05) is 0 Å². The third-order valence-electron chi connectivity index (χ3n) is 3.90. The van der Waals surface area contributed by atoms with E-state index in [4.69, 9.17) is 0 Å². The van der Waals surface area contributed by atoms with E-state index in [9.17, 15) is 4.39 Å². The quantitative estimate of drug-likeness (QED) is 0.416. The van der Waals surface area contributed by atoms with E-state index in [2.05, 4.69) is 58.5 Å². The molecule has 4 rings (SSSR count). The van der Waals surface area contributed by atoms with Crippen molar-refractivity contribution >= 4 is 42.9 Å². The summed E-state index contributed by atoms with van der Waals surface area (Å²) in [5.74, 6) is 0.254. The minimum atomic E-state index is -0.284. The average molecular weight is 462 g/mol. The molecule has 2 aromatic heterocycles. The van der Waals surface area contributed by atoms with E-state index in [-0.39, 0.29) is 5.82 Å². The number of nitrogens with zero attached hydrogens (tertiary/aromatic N) is 2. The van der Waals surface area contributed by atoms with Crippen LogP contribution < -0.4 is 4.57 Å². The van der Waals surface area contributed by atoms with Crippen molar-refractivity contribution in [1.29, 1.82) is 0 Å². The molecule has 0 saturated heterocycles. The summed E-state index contributed by atoms with van der Waals surface area (Å²) in [6.45, 7) is 0.724. The van der Waals surface area contributed by atoms with Gasteiger partial charge in [0.15, 0.2) is 18.9 Å². The van der Waals surface area contributed by atoms with Crippen LogP contribution in [0.4, 0.5) is 4.39 Å². The molecule has 0 saturated carbocycles. The first-order valence-electron chi connectivity index (χ1n) is 7.67. The van der Waals surface area contributed by atoms with E-state index in [0.717, 1.165) is 26.5 Å². The Labute approximate surface area is 160 Å². The van der Waals surface area contributed by atoms with Gasteiger partial charge >= 0.3 is 0 Å². The Hall–Kier alpha value is -2.05. The smallest absolute Gasteiger partial charge is 0.195 e. The van der Waals surface area contributed by atoms with Gasteiger partial charge in [0.1, 0.15) is 22.7 Å². The molecule has 0 atom stereocenters. The summed E-state index contributed by atoms with van der Waals surface area (Å²) in [5, 5.41) is 0. The number of aromatic nitrogens is 3. The fourth-order valence-corrected chi connectivity index (χ4v) is 4.18. The summed E-state index contributed by atoms with van der Waals surface area (Å²) in [6.07, 6.45) is 3.96. The van der Waals surface area contributed by atoms with Crippen LogP contribution in [-0.4, -0.2) is 9.97 Å². The highest BCUT2D eigenvalue weighted by atomic mass is 79.9. The SMILES string of the molecule is Fc1ccccc1-c1nc2cc[n+](Cc3cc(Br)cc(Br)c3)cc2[nH]1. The Balaban J connectivity index is 1.70. The Bertz CT molecular complexity index is 1060. The molecule has 0 aliphatic heterocycles. The lowest BCUT2D eigenvalue weighted by atomic mass is 10.2. The first-order valence-corrected chi connectivity index (χ1v) is 9.26. The molecule has 0 amide bonds. The molecule has 2 heterocycles. The van der Waals surface area contributed by atoms with Crippen LogP contribution in [0.2, 0.25) is 0 Å². The van der Waals surface area contributed by atoms with Gasteiger partial charge in [-0.25, -0.2) is 9.37 Å². The summed E-state index contributed by atoms with van der Waals surface area (Å²) in [6, 6.07) is 14.7. The Morgan fingerprint density at radius 2 is 1.80 bits per heavy atom. The fraction of sp³-hybridized carbons (Fsp3) is 0.0526. The fourth-order valence-electron chi connectivity index (χ4n) is 2.79. The van der Waals surface area contributed by atoms with Crippen molar-refractivity contribution in [1.82, 2.24) is 9.97 Å². The van der Waals surface area contributed by atoms with Gasteiger partial charge in [0.2, 0.25) is 0 Å². The third-order valence-corrected chi connectivity index (χ3v) is 4.81. The van der Waals surface area contributed by atoms with Crippen LogP contribution in [0.1, 0.15) is 5.56 Å². The molecule has 0 fully saturated rings. The number of imidazole rings is 1. The lowest BCUT2D eigenvalue weighted by Gasteiger charge is -2.00. The molecule has 3 nitrogen and oxygen atoms in total. The predicted molar refractivity (Wildman–Crippen MR) is 103 cm³/mol. The molecular formula is C19H13Br2FN3+. The van der Waals surface area contributed by atoms with Gasteiger partial charge in [-0.15, -0.1) is 0 Å². The minimum Gasteiger partial charge on any atom is -0.333 e. The van der Waals surface area contributed by atoms with E-state index in [1.165, 1.54) is 11.6 Å². The van der Waals surface area contributed by atoms with Crippen LogP contribution in [0.25, 0.3) is 22.4 Å². The van der Waals surface area contributed by atoms with Gasteiger partial charge in [-0.05, 0) is 30.3 Å². The van der Waals surface area contributed by atoms with E-state index in [1.54, 1.807) is 18.2 Å². The lowest BCUT2D eigenvalue weighted by molar-refractivity contribution is -0.687. The number of halogens is 3. The Morgan fingerprint density at radius 3 is 2.56 bits per heavy atom. The van der Waals surface area contributed by atoms with Crippen LogP contribution >= 0.6 is 31.9 Å². The van der Waals surface area contributed by atoms with Crippen molar-refractivity contribution in [2.45, 2.75) is 6.54 Å². The highest BCUT2D eigenvalue weighted by Gasteiger charge is 2.13. The number of rotatable bonds is 3. The van der Waals surface area contributed by atoms with Crippen LogP contribution in [0.3, 0.4) is 0 Å². The highest BCUT2D eigenvalue weighted by Crippen LogP contribution is 2.23. The maximum atomic E-state index is 14.0. The second-order valence-corrected chi connectivity index (χ2v) is 7.59. The van der Waals surface area contributed by atoms with Gasteiger partial charge in [0.25, 0.3) is 0 Å². The van der Waals surface area contributed by atoms with Crippen LogP contribution in [-0.2, 0) is 6.54 Å². The largest absolute Gasteiger partial charge is 0.333 e. The number of nitrogens with one attached hydrogen (secondary N) is 1. The van der Waals surface area contributed by atoms with Gasteiger partial charge in [-0.3, -0.25) is 0 Å². The van der Waals surface area contributed by atoms with Crippen LogP contribution in [0.15, 0.2) is 69.9 Å². The predicted octanol–water partition coefficient (Wildman–Crippen LogP) is 5.23. The molecular weight excluding hydrogens is 449 g/mol. The van der Waals surface area contributed by atoms with Gasteiger partial charge in [-0.2, -0.15) is 4.57 Å². The van der Waals surface area contributed by atoms with Crippen molar-refractivity contribution < 1.29 is 8.96 Å². The summed E-state index contributed by atoms with van der Waals surface area (Å²) < 4.78 is 18.1. The van der Waals surface area contributed by atoms with E-state index in [1.807, 2.05) is 24.5 Å². The highest BCUT2D eigenvalue weighted by molar-refractivity contribution is 9.11. The molecule has 0 bridgehead atoms. The van der Waals surface area contributed by atoms with Gasteiger partial charge in [0.05, 0.1) is 5.56 Å². The lowest BCUT2D eigenvalue weighted by Crippen LogP contribution is -2.33. The number of H-pyrrole nitrogens is 1. The minimum absolute atomic E-state index is 0.284. The van der Waals surface area contributed by atoms with Crippen molar-refractivity contribution in [2.24, 2.45) is 0 Å². The zero-order valence-electron chi connectivity index (χ0n) is 13.0. The zero-order chi connectivity index (χ0) is 17.4. The maximum Gasteiger partial charge on any atom is 0.195 e. The first kappa shape index (κ1) is 16.4. The molecule has 0 aliphatic carbocycles. The zero-order valence-corrected chi connectivity index (χ0v) is 16.2. The van der Waals surface area contributed by atoms with Gasteiger partial charge < -0.3 is 4.98 Å².